The second-order valence-electron chi connectivity index (χ2n) is 7.10. The molecule has 1 fully saturated rings. The topological polar surface area (TPSA) is 75.7 Å². The number of benzene rings is 2. The summed E-state index contributed by atoms with van der Waals surface area (Å²) in [5.74, 6) is 0.646. The summed E-state index contributed by atoms with van der Waals surface area (Å²) in [4.78, 5) is 12.6. The number of nitrogens with zero attached hydrogens (tertiary/aromatic N) is 1. The Kier molecular flexibility index (Phi) is 6.24. The molecule has 3 rings (SSSR count). The molecule has 1 aliphatic heterocycles. The molecule has 6 nitrogen and oxygen atoms in total. The average Bonchev–Trinajstić information content (AvgIpc) is 2.67. The van der Waals surface area contributed by atoms with Crippen LogP contribution in [0.4, 0.5) is 5.69 Å². The van der Waals surface area contributed by atoms with Crippen molar-refractivity contribution in [2.45, 2.75) is 32.7 Å². The lowest BCUT2D eigenvalue weighted by Crippen LogP contribution is -2.39. The Morgan fingerprint density at radius 3 is 2.64 bits per heavy atom. The molecule has 0 bridgehead atoms. The van der Waals surface area contributed by atoms with Crippen molar-refractivity contribution in [3.8, 4) is 5.75 Å². The predicted molar refractivity (Wildman–Crippen MR) is 110 cm³/mol. The van der Waals surface area contributed by atoms with E-state index in [9.17, 15) is 13.2 Å². The van der Waals surface area contributed by atoms with Crippen molar-refractivity contribution >= 4 is 21.6 Å². The molecule has 1 atom stereocenters. The highest BCUT2D eigenvalue weighted by Crippen LogP contribution is 2.28. The number of ether oxygens (including phenoxy) is 1. The summed E-state index contributed by atoms with van der Waals surface area (Å²) in [5, 5.41) is 2.90. The molecule has 1 saturated heterocycles. The summed E-state index contributed by atoms with van der Waals surface area (Å²) in [6.07, 6.45) is 1.50. The highest BCUT2D eigenvalue weighted by atomic mass is 32.2. The van der Waals surface area contributed by atoms with Crippen molar-refractivity contribution in [3.63, 3.8) is 0 Å². The van der Waals surface area contributed by atoms with Gasteiger partial charge in [0.1, 0.15) is 12.4 Å². The molecule has 1 amide bonds. The van der Waals surface area contributed by atoms with E-state index in [2.05, 4.69) is 5.32 Å². The van der Waals surface area contributed by atoms with Gasteiger partial charge in [0.15, 0.2) is 0 Å². The van der Waals surface area contributed by atoms with E-state index in [0.717, 1.165) is 17.7 Å². The maximum atomic E-state index is 12.6. The van der Waals surface area contributed by atoms with Crippen LogP contribution in [0, 0.1) is 6.92 Å². The largest absolute Gasteiger partial charge is 0.491 e. The molecule has 0 saturated carbocycles. The van der Waals surface area contributed by atoms with E-state index in [1.807, 2.05) is 44.2 Å². The molecule has 2 aromatic rings. The van der Waals surface area contributed by atoms with E-state index < -0.39 is 10.0 Å². The Balaban J connectivity index is 1.68. The number of rotatable bonds is 6. The minimum Gasteiger partial charge on any atom is -0.491 e. The molecule has 0 aliphatic carbocycles. The van der Waals surface area contributed by atoms with E-state index in [4.69, 9.17) is 4.74 Å². The number of para-hydroxylation sites is 1. The first-order valence-electron chi connectivity index (χ1n) is 9.46. The molecule has 7 heteroatoms. The minimum atomic E-state index is -3.32. The number of nitrogens with one attached hydrogen (secondary N) is 1. The molecule has 2 aromatic carbocycles. The Bertz CT molecular complexity index is 929. The number of carbonyl (C=O) groups is 1. The fraction of sp³-hybridized carbons (Fsp3) is 0.381. The maximum Gasteiger partial charge on any atom is 0.251 e. The monoisotopic (exact) mass is 402 g/mol. The van der Waals surface area contributed by atoms with E-state index in [0.29, 0.717) is 30.8 Å². The van der Waals surface area contributed by atoms with Gasteiger partial charge in [-0.05, 0) is 56.5 Å². The number of carbonyl (C=O) groups excluding carboxylic acids is 1. The highest BCUT2D eigenvalue weighted by Gasteiger charge is 2.27. The Morgan fingerprint density at radius 2 is 1.93 bits per heavy atom. The minimum absolute atomic E-state index is 0.150. The van der Waals surface area contributed by atoms with Crippen LogP contribution in [-0.2, 0) is 10.0 Å². The first-order valence-corrected chi connectivity index (χ1v) is 11.1. The first kappa shape index (κ1) is 20.2. The number of hydrogen-bond acceptors (Lipinski definition) is 4. The number of amides is 1. The van der Waals surface area contributed by atoms with E-state index >= 15 is 0 Å². The van der Waals surface area contributed by atoms with Gasteiger partial charge < -0.3 is 10.1 Å². The third kappa shape index (κ3) is 4.84. The van der Waals surface area contributed by atoms with Gasteiger partial charge >= 0.3 is 0 Å². The summed E-state index contributed by atoms with van der Waals surface area (Å²) < 4.78 is 31.9. The second-order valence-corrected chi connectivity index (χ2v) is 9.11. The molecule has 0 spiro atoms. The van der Waals surface area contributed by atoms with Crippen molar-refractivity contribution in [3.05, 3.63) is 59.7 Å². The normalized spacial score (nSPS) is 17.0. The smallest absolute Gasteiger partial charge is 0.251 e. The van der Waals surface area contributed by atoms with Gasteiger partial charge in [-0.15, -0.1) is 0 Å². The third-order valence-corrected chi connectivity index (χ3v) is 6.57. The quantitative estimate of drug-likeness (QED) is 0.806. The lowest BCUT2D eigenvalue weighted by Gasteiger charge is -2.29. The van der Waals surface area contributed by atoms with Crippen molar-refractivity contribution in [2.24, 2.45) is 0 Å². The lowest BCUT2D eigenvalue weighted by molar-refractivity contribution is 0.0926. The number of anilines is 1. The van der Waals surface area contributed by atoms with Gasteiger partial charge in [0.2, 0.25) is 10.0 Å². The Morgan fingerprint density at radius 1 is 1.18 bits per heavy atom. The molecule has 0 radical (unpaired) electrons. The van der Waals surface area contributed by atoms with Gasteiger partial charge in [-0.1, -0.05) is 24.3 Å². The summed E-state index contributed by atoms with van der Waals surface area (Å²) in [6.45, 7) is 4.52. The van der Waals surface area contributed by atoms with Crippen LogP contribution in [0.3, 0.4) is 0 Å². The molecule has 1 heterocycles. The van der Waals surface area contributed by atoms with Crippen LogP contribution in [0.2, 0.25) is 0 Å². The highest BCUT2D eigenvalue weighted by molar-refractivity contribution is 7.92. The summed E-state index contributed by atoms with van der Waals surface area (Å²) in [5.41, 5.74) is 1.86. The first-order chi connectivity index (χ1) is 13.4. The number of sulfonamides is 1. The van der Waals surface area contributed by atoms with Crippen molar-refractivity contribution in [2.75, 3.05) is 23.2 Å². The zero-order valence-corrected chi connectivity index (χ0v) is 17.0. The third-order valence-electron chi connectivity index (χ3n) is 4.71. The molecule has 28 heavy (non-hydrogen) atoms. The number of hydrogen-bond donors (Lipinski definition) is 1. The number of aryl methyl sites for hydroxylation is 1. The van der Waals surface area contributed by atoms with Gasteiger partial charge in [-0.2, -0.15) is 0 Å². The molecule has 0 aromatic heterocycles. The molecular weight excluding hydrogens is 376 g/mol. The lowest BCUT2D eigenvalue weighted by atomic mass is 10.1. The molecule has 150 valence electrons. The summed E-state index contributed by atoms with van der Waals surface area (Å²) in [7, 11) is -3.32. The van der Waals surface area contributed by atoms with Crippen LogP contribution in [0.25, 0.3) is 0 Å². The Hall–Kier alpha value is -2.54. The summed E-state index contributed by atoms with van der Waals surface area (Å²) in [6, 6.07) is 14.4. The van der Waals surface area contributed by atoms with E-state index in [1.54, 1.807) is 18.2 Å². The molecule has 1 aliphatic rings. The fourth-order valence-electron chi connectivity index (χ4n) is 3.17. The van der Waals surface area contributed by atoms with Crippen LogP contribution in [0.15, 0.2) is 48.5 Å². The zero-order chi connectivity index (χ0) is 20.1. The fourth-order valence-corrected chi connectivity index (χ4v) is 4.86. The van der Waals surface area contributed by atoms with Crippen molar-refractivity contribution in [1.29, 1.82) is 0 Å². The van der Waals surface area contributed by atoms with Gasteiger partial charge in [-0.3, -0.25) is 9.10 Å². The molecule has 1 N–H and O–H groups in total. The zero-order valence-electron chi connectivity index (χ0n) is 16.2. The maximum absolute atomic E-state index is 12.6. The average molecular weight is 403 g/mol. The van der Waals surface area contributed by atoms with Crippen LogP contribution in [0.5, 0.6) is 5.75 Å². The standard InChI is InChI=1S/C21H26N2O4S/c1-16-10-11-18(14-20(16)23-12-6-7-13-28(23,25)26)21(24)22-17(2)15-27-19-8-4-3-5-9-19/h3-5,8-11,14,17H,6-7,12-13,15H2,1-2H3,(H,22,24)/t17-/m1/s1. The van der Waals surface area contributed by atoms with E-state index in [1.165, 1.54) is 4.31 Å². The second kappa shape index (κ2) is 8.65. The molecular formula is C21H26N2O4S. The van der Waals surface area contributed by atoms with Gasteiger partial charge in [0.25, 0.3) is 5.91 Å². The van der Waals surface area contributed by atoms with Crippen LogP contribution in [-0.4, -0.2) is 39.3 Å². The van der Waals surface area contributed by atoms with Crippen molar-refractivity contribution in [1.82, 2.24) is 5.32 Å². The van der Waals surface area contributed by atoms with Crippen LogP contribution in [0.1, 0.15) is 35.7 Å². The predicted octanol–water partition coefficient (Wildman–Crippen LogP) is 3.12. The van der Waals surface area contributed by atoms with E-state index in [-0.39, 0.29) is 17.7 Å². The van der Waals surface area contributed by atoms with Crippen LogP contribution >= 0.6 is 0 Å². The van der Waals surface area contributed by atoms with Crippen molar-refractivity contribution < 1.29 is 17.9 Å². The van der Waals surface area contributed by atoms with Gasteiger partial charge in [0.05, 0.1) is 17.5 Å². The summed E-state index contributed by atoms with van der Waals surface area (Å²) >= 11 is 0. The SMILES string of the molecule is Cc1ccc(C(=O)N[C@H](C)COc2ccccc2)cc1N1CCCCS1(=O)=O. The van der Waals surface area contributed by atoms with Gasteiger partial charge in [0, 0.05) is 12.1 Å². The Labute approximate surface area is 166 Å². The molecule has 0 unspecified atom stereocenters. The van der Waals surface area contributed by atoms with Gasteiger partial charge in [-0.25, -0.2) is 8.42 Å². The van der Waals surface area contributed by atoms with Crippen LogP contribution < -0.4 is 14.4 Å².